The van der Waals surface area contributed by atoms with Crippen LogP contribution in [0.25, 0.3) is 11.0 Å². The zero-order valence-corrected chi connectivity index (χ0v) is 17.2. The summed E-state index contributed by atoms with van der Waals surface area (Å²) in [4.78, 5) is 11.5. The SMILES string of the molecule is CC1=CC[C@@H]2C(C)(C)[C@H](O)CC[C@]2(C)[C@@H]1COc1ccc2ccc(=O)oc2c1. The van der Waals surface area contributed by atoms with Crippen molar-refractivity contribution in [3.63, 3.8) is 0 Å². The molecule has 1 heterocycles. The van der Waals surface area contributed by atoms with Gasteiger partial charge < -0.3 is 14.3 Å². The van der Waals surface area contributed by atoms with Crippen LogP contribution in [0.15, 0.2) is 51.2 Å². The van der Waals surface area contributed by atoms with Gasteiger partial charge in [-0.25, -0.2) is 4.79 Å². The van der Waals surface area contributed by atoms with Crippen molar-refractivity contribution in [2.24, 2.45) is 22.7 Å². The molecule has 2 aromatic rings. The van der Waals surface area contributed by atoms with E-state index in [0.29, 0.717) is 24.0 Å². The van der Waals surface area contributed by atoms with E-state index in [2.05, 4.69) is 33.8 Å². The van der Waals surface area contributed by atoms with E-state index in [1.807, 2.05) is 12.1 Å². The van der Waals surface area contributed by atoms with Crippen molar-refractivity contribution >= 4 is 11.0 Å². The van der Waals surface area contributed by atoms with Crippen LogP contribution in [0.1, 0.15) is 47.0 Å². The van der Waals surface area contributed by atoms with Crippen LogP contribution in [0.5, 0.6) is 5.75 Å². The fraction of sp³-hybridized carbons (Fsp3) is 0.542. The van der Waals surface area contributed by atoms with Gasteiger partial charge in [0.25, 0.3) is 0 Å². The van der Waals surface area contributed by atoms with Crippen molar-refractivity contribution in [2.45, 2.75) is 53.1 Å². The van der Waals surface area contributed by atoms with Gasteiger partial charge in [0.1, 0.15) is 11.3 Å². The molecular formula is C24H30O4. The summed E-state index contributed by atoms with van der Waals surface area (Å²) < 4.78 is 11.5. The Hall–Kier alpha value is -2.07. The first-order chi connectivity index (χ1) is 13.2. The van der Waals surface area contributed by atoms with E-state index < -0.39 is 0 Å². The zero-order chi connectivity index (χ0) is 20.1. The first kappa shape index (κ1) is 19.3. The maximum atomic E-state index is 11.5. The molecule has 1 saturated carbocycles. The van der Waals surface area contributed by atoms with E-state index in [4.69, 9.17) is 9.15 Å². The molecule has 1 fully saturated rings. The Balaban J connectivity index is 1.59. The number of ether oxygens (including phenoxy) is 1. The van der Waals surface area contributed by atoms with Gasteiger partial charge in [-0.05, 0) is 61.1 Å². The minimum Gasteiger partial charge on any atom is -0.493 e. The summed E-state index contributed by atoms with van der Waals surface area (Å²) in [5.41, 5.74) is 1.57. The Morgan fingerprint density at radius 1 is 1.21 bits per heavy atom. The number of rotatable bonds is 3. The molecule has 0 radical (unpaired) electrons. The molecule has 0 unspecified atom stereocenters. The molecule has 150 valence electrons. The molecule has 0 aliphatic heterocycles. The third-order valence-corrected chi connectivity index (χ3v) is 7.54. The van der Waals surface area contributed by atoms with E-state index in [9.17, 15) is 9.90 Å². The Morgan fingerprint density at radius 3 is 2.75 bits per heavy atom. The second kappa shape index (κ2) is 6.77. The fourth-order valence-corrected chi connectivity index (χ4v) is 5.66. The molecule has 0 saturated heterocycles. The van der Waals surface area contributed by atoms with Crippen LogP contribution in [0.4, 0.5) is 0 Å². The Bertz CT molecular complexity index is 970. The summed E-state index contributed by atoms with van der Waals surface area (Å²) in [6.07, 6.45) is 4.95. The predicted octanol–water partition coefficient (Wildman–Crippen LogP) is 4.94. The zero-order valence-electron chi connectivity index (χ0n) is 17.2. The van der Waals surface area contributed by atoms with Crippen molar-refractivity contribution in [1.82, 2.24) is 0 Å². The number of fused-ring (bicyclic) bond motifs is 2. The largest absolute Gasteiger partial charge is 0.493 e. The van der Waals surface area contributed by atoms with Gasteiger partial charge in [0, 0.05) is 23.4 Å². The van der Waals surface area contributed by atoms with Gasteiger partial charge >= 0.3 is 5.63 Å². The average Bonchev–Trinajstić information content (AvgIpc) is 2.64. The third kappa shape index (κ3) is 3.08. The standard InChI is InChI=1S/C24H30O4/c1-15-5-9-20-23(2,3)21(25)11-12-24(20,4)18(15)14-27-17-8-6-16-7-10-22(26)28-19(16)13-17/h5-8,10,13,18,20-21,25H,9,11-12,14H2,1-4H3/t18-,20-,21-,24-/m1/s1. The van der Waals surface area contributed by atoms with Gasteiger partial charge in [0.05, 0.1) is 12.7 Å². The highest BCUT2D eigenvalue weighted by molar-refractivity contribution is 5.77. The second-order valence-electron chi connectivity index (χ2n) is 9.44. The normalized spacial score (nSPS) is 31.9. The number of aliphatic hydroxyl groups excluding tert-OH is 1. The monoisotopic (exact) mass is 382 g/mol. The fourth-order valence-electron chi connectivity index (χ4n) is 5.66. The lowest BCUT2D eigenvalue weighted by atomic mass is 9.48. The first-order valence-electron chi connectivity index (χ1n) is 10.2. The molecule has 1 aromatic carbocycles. The predicted molar refractivity (Wildman–Crippen MR) is 110 cm³/mol. The van der Waals surface area contributed by atoms with Gasteiger partial charge in [-0.1, -0.05) is 32.4 Å². The summed E-state index contributed by atoms with van der Waals surface area (Å²) >= 11 is 0. The minimum atomic E-state index is -0.353. The third-order valence-electron chi connectivity index (χ3n) is 7.54. The average molecular weight is 383 g/mol. The van der Waals surface area contributed by atoms with Crippen LogP contribution < -0.4 is 10.4 Å². The Labute approximate surface area is 166 Å². The maximum Gasteiger partial charge on any atom is 0.336 e. The first-order valence-corrected chi connectivity index (χ1v) is 10.2. The topological polar surface area (TPSA) is 59.7 Å². The second-order valence-corrected chi connectivity index (χ2v) is 9.44. The van der Waals surface area contributed by atoms with Crippen molar-refractivity contribution in [3.05, 3.63) is 52.4 Å². The molecular weight excluding hydrogens is 352 g/mol. The summed E-state index contributed by atoms with van der Waals surface area (Å²) in [5.74, 6) is 1.45. The number of benzene rings is 1. The molecule has 0 amide bonds. The molecule has 4 rings (SSSR count). The molecule has 2 aliphatic rings. The van der Waals surface area contributed by atoms with Crippen LogP contribution in [0.3, 0.4) is 0 Å². The molecule has 4 heteroatoms. The van der Waals surface area contributed by atoms with Crippen molar-refractivity contribution in [3.8, 4) is 5.75 Å². The van der Waals surface area contributed by atoms with E-state index >= 15 is 0 Å². The van der Waals surface area contributed by atoms with Crippen LogP contribution in [-0.4, -0.2) is 17.8 Å². The highest BCUT2D eigenvalue weighted by atomic mass is 16.5. The van der Waals surface area contributed by atoms with Crippen LogP contribution >= 0.6 is 0 Å². The highest BCUT2D eigenvalue weighted by Crippen LogP contribution is 2.59. The van der Waals surface area contributed by atoms with Gasteiger partial charge in [0.2, 0.25) is 0 Å². The summed E-state index contributed by atoms with van der Waals surface area (Å²) in [5, 5.41) is 11.5. The molecule has 28 heavy (non-hydrogen) atoms. The van der Waals surface area contributed by atoms with Gasteiger partial charge in [-0.3, -0.25) is 0 Å². The summed E-state index contributed by atoms with van der Waals surface area (Å²) in [7, 11) is 0. The summed E-state index contributed by atoms with van der Waals surface area (Å²) in [6, 6.07) is 8.84. The number of allylic oxidation sites excluding steroid dienone is 1. The van der Waals surface area contributed by atoms with Crippen molar-refractivity contribution in [1.29, 1.82) is 0 Å². The lowest BCUT2D eigenvalue weighted by Crippen LogP contribution is -2.55. The lowest BCUT2D eigenvalue weighted by Gasteiger charge is -2.58. The minimum absolute atomic E-state index is 0.102. The lowest BCUT2D eigenvalue weighted by molar-refractivity contribution is -0.119. The Morgan fingerprint density at radius 2 is 1.96 bits per heavy atom. The van der Waals surface area contributed by atoms with Crippen molar-refractivity contribution in [2.75, 3.05) is 6.61 Å². The molecule has 0 bridgehead atoms. The van der Waals surface area contributed by atoms with E-state index in [1.54, 1.807) is 12.1 Å². The van der Waals surface area contributed by atoms with E-state index in [1.165, 1.54) is 11.6 Å². The van der Waals surface area contributed by atoms with Crippen LogP contribution in [0, 0.1) is 22.7 Å². The van der Waals surface area contributed by atoms with Gasteiger partial charge in [-0.2, -0.15) is 0 Å². The van der Waals surface area contributed by atoms with Crippen LogP contribution in [0.2, 0.25) is 0 Å². The molecule has 0 spiro atoms. The summed E-state index contributed by atoms with van der Waals surface area (Å²) in [6.45, 7) is 9.57. The quantitative estimate of drug-likeness (QED) is 0.603. The molecule has 1 aromatic heterocycles. The molecule has 4 atom stereocenters. The van der Waals surface area contributed by atoms with E-state index in [-0.39, 0.29) is 22.6 Å². The smallest absolute Gasteiger partial charge is 0.336 e. The van der Waals surface area contributed by atoms with Crippen molar-refractivity contribution < 1.29 is 14.3 Å². The number of aliphatic hydroxyl groups is 1. The van der Waals surface area contributed by atoms with E-state index in [0.717, 1.165) is 30.4 Å². The maximum absolute atomic E-state index is 11.5. The van der Waals surface area contributed by atoms with Gasteiger partial charge in [-0.15, -0.1) is 0 Å². The highest BCUT2D eigenvalue weighted by Gasteiger charge is 2.55. The number of hydrogen-bond donors (Lipinski definition) is 1. The molecule has 1 N–H and O–H groups in total. The number of hydrogen-bond acceptors (Lipinski definition) is 4. The molecule has 2 aliphatic carbocycles. The molecule has 4 nitrogen and oxygen atoms in total. The van der Waals surface area contributed by atoms with Crippen LogP contribution in [-0.2, 0) is 0 Å². The van der Waals surface area contributed by atoms with Gasteiger partial charge in [0.15, 0.2) is 0 Å². The Kier molecular flexibility index (Phi) is 4.65.